The minimum Gasteiger partial charge on any atom is -0.329 e. The normalized spacial score (nSPS) is 22.2. The van der Waals surface area contributed by atoms with Gasteiger partial charge in [0, 0.05) is 18.1 Å². The monoisotopic (exact) mass is 254 g/mol. The van der Waals surface area contributed by atoms with Crippen LogP contribution in [0.1, 0.15) is 72.1 Å². The average molecular weight is 254 g/mol. The van der Waals surface area contributed by atoms with Crippen molar-refractivity contribution in [2.75, 3.05) is 13.6 Å². The van der Waals surface area contributed by atoms with Crippen molar-refractivity contribution in [3.8, 4) is 0 Å². The van der Waals surface area contributed by atoms with E-state index < -0.39 is 0 Å². The van der Waals surface area contributed by atoms with Crippen molar-refractivity contribution in [1.29, 1.82) is 0 Å². The Morgan fingerprint density at radius 1 is 1.17 bits per heavy atom. The fourth-order valence-corrected chi connectivity index (χ4v) is 3.11. The van der Waals surface area contributed by atoms with Crippen molar-refractivity contribution in [2.24, 2.45) is 11.7 Å². The molecule has 1 atom stereocenters. The molecule has 0 aromatic rings. The van der Waals surface area contributed by atoms with Gasteiger partial charge in [0.15, 0.2) is 0 Å². The molecule has 0 aliphatic heterocycles. The van der Waals surface area contributed by atoms with Crippen LogP contribution in [-0.2, 0) is 0 Å². The van der Waals surface area contributed by atoms with Crippen LogP contribution >= 0.6 is 0 Å². The van der Waals surface area contributed by atoms with Crippen molar-refractivity contribution < 1.29 is 0 Å². The van der Waals surface area contributed by atoms with Crippen molar-refractivity contribution in [3.63, 3.8) is 0 Å². The van der Waals surface area contributed by atoms with E-state index in [9.17, 15) is 0 Å². The molecule has 1 rings (SSSR count). The van der Waals surface area contributed by atoms with Crippen LogP contribution in [0, 0.1) is 5.92 Å². The fraction of sp³-hybridized carbons (Fsp3) is 1.00. The Morgan fingerprint density at radius 3 is 2.17 bits per heavy atom. The molecule has 0 aromatic heterocycles. The van der Waals surface area contributed by atoms with Gasteiger partial charge in [0.05, 0.1) is 0 Å². The summed E-state index contributed by atoms with van der Waals surface area (Å²) in [4.78, 5) is 2.61. The van der Waals surface area contributed by atoms with E-state index in [2.05, 4.69) is 32.7 Å². The summed E-state index contributed by atoms with van der Waals surface area (Å²) in [6.07, 6.45) is 10.9. The summed E-state index contributed by atoms with van der Waals surface area (Å²) in [7, 11) is 2.31. The molecule has 0 heterocycles. The van der Waals surface area contributed by atoms with Crippen molar-refractivity contribution in [3.05, 3.63) is 0 Å². The molecule has 2 nitrogen and oxygen atoms in total. The highest BCUT2D eigenvalue weighted by atomic mass is 15.2. The molecule has 0 saturated heterocycles. The first-order valence-electron chi connectivity index (χ1n) is 7.92. The summed E-state index contributed by atoms with van der Waals surface area (Å²) in [5.41, 5.74) is 6.29. The van der Waals surface area contributed by atoms with Crippen LogP contribution in [0.25, 0.3) is 0 Å². The molecule has 1 unspecified atom stereocenters. The smallest absolute Gasteiger partial charge is 0.0303 e. The summed E-state index contributed by atoms with van der Waals surface area (Å²) in [5, 5.41) is 0. The van der Waals surface area contributed by atoms with Gasteiger partial charge in [-0.15, -0.1) is 0 Å². The van der Waals surface area contributed by atoms with Crippen molar-refractivity contribution >= 4 is 0 Å². The SMILES string of the molecule is CC(C)CCC(C)(CN)N(C)C1CCCCCC1. The van der Waals surface area contributed by atoms with E-state index >= 15 is 0 Å². The fourth-order valence-electron chi connectivity index (χ4n) is 3.11. The minimum atomic E-state index is 0.194. The van der Waals surface area contributed by atoms with Crippen LogP contribution in [0.4, 0.5) is 0 Å². The largest absolute Gasteiger partial charge is 0.329 e. The van der Waals surface area contributed by atoms with Crippen LogP contribution in [0.15, 0.2) is 0 Å². The standard InChI is InChI=1S/C16H34N2/c1-14(2)11-12-16(3,13-17)18(4)15-9-7-5-6-8-10-15/h14-15H,5-13,17H2,1-4H3. The molecule has 108 valence electrons. The lowest BCUT2D eigenvalue weighted by Gasteiger charge is -2.43. The van der Waals surface area contributed by atoms with E-state index in [1.165, 1.54) is 51.4 Å². The number of nitrogens with two attached hydrogens (primary N) is 1. The zero-order valence-electron chi connectivity index (χ0n) is 13.0. The van der Waals surface area contributed by atoms with Crippen molar-refractivity contribution in [1.82, 2.24) is 4.90 Å². The topological polar surface area (TPSA) is 29.3 Å². The number of hydrogen-bond acceptors (Lipinski definition) is 2. The molecule has 2 heteroatoms. The highest BCUT2D eigenvalue weighted by molar-refractivity contribution is 4.90. The number of nitrogens with zero attached hydrogens (tertiary/aromatic N) is 1. The molecule has 0 spiro atoms. The molecule has 2 N–H and O–H groups in total. The molecule has 1 aliphatic carbocycles. The zero-order valence-corrected chi connectivity index (χ0v) is 13.0. The predicted octanol–water partition coefficient (Wildman–Crippen LogP) is 3.79. The Bertz CT molecular complexity index is 219. The highest BCUT2D eigenvalue weighted by Crippen LogP contribution is 2.29. The molecule has 1 fully saturated rings. The lowest BCUT2D eigenvalue weighted by molar-refractivity contribution is 0.0709. The Balaban J connectivity index is 2.60. The Labute approximate surface area is 114 Å². The van der Waals surface area contributed by atoms with Gasteiger partial charge in [-0.1, -0.05) is 39.5 Å². The first-order chi connectivity index (χ1) is 8.49. The van der Waals surface area contributed by atoms with Crippen LogP contribution < -0.4 is 5.73 Å². The summed E-state index contributed by atoms with van der Waals surface area (Å²) in [5.74, 6) is 0.776. The predicted molar refractivity (Wildman–Crippen MR) is 80.8 cm³/mol. The minimum absolute atomic E-state index is 0.194. The molecule has 18 heavy (non-hydrogen) atoms. The second kappa shape index (κ2) is 7.49. The van der Waals surface area contributed by atoms with Gasteiger partial charge in [-0.25, -0.2) is 0 Å². The summed E-state index contributed by atoms with van der Waals surface area (Å²) < 4.78 is 0. The molecule has 1 saturated carbocycles. The Kier molecular flexibility index (Phi) is 6.65. The highest BCUT2D eigenvalue weighted by Gasteiger charge is 2.32. The summed E-state index contributed by atoms with van der Waals surface area (Å²) in [6.45, 7) is 7.76. The van der Waals surface area contributed by atoms with Gasteiger partial charge in [-0.3, -0.25) is 4.90 Å². The molecule has 0 bridgehead atoms. The lowest BCUT2D eigenvalue weighted by atomic mass is 9.88. The molecule has 0 radical (unpaired) electrons. The van der Waals surface area contributed by atoms with Crippen LogP contribution in [0.2, 0.25) is 0 Å². The van der Waals surface area contributed by atoms with Gasteiger partial charge >= 0.3 is 0 Å². The third-order valence-electron chi connectivity index (χ3n) is 4.92. The van der Waals surface area contributed by atoms with Gasteiger partial charge in [-0.05, 0) is 45.6 Å². The summed E-state index contributed by atoms with van der Waals surface area (Å²) >= 11 is 0. The molecular formula is C16H34N2. The maximum atomic E-state index is 6.10. The number of rotatable bonds is 6. The maximum Gasteiger partial charge on any atom is 0.0303 e. The van der Waals surface area contributed by atoms with E-state index in [4.69, 9.17) is 5.73 Å². The average Bonchev–Trinajstić information content (AvgIpc) is 2.63. The number of hydrogen-bond donors (Lipinski definition) is 1. The van der Waals surface area contributed by atoms with Gasteiger partial charge in [0.1, 0.15) is 0 Å². The van der Waals surface area contributed by atoms with E-state index in [0.29, 0.717) is 0 Å². The van der Waals surface area contributed by atoms with Crippen molar-refractivity contribution in [2.45, 2.75) is 83.7 Å². The first kappa shape index (κ1) is 16.0. The molecule has 0 amide bonds. The van der Waals surface area contributed by atoms with E-state index in [1.54, 1.807) is 0 Å². The third kappa shape index (κ3) is 4.55. The van der Waals surface area contributed by atoms with Gasteiger partial charge in [0.25, 0.3) is 0 Å². The van der Waals surface area contributed by atoms with Gasteiger partial charge in [0.2, 0.25) is 0 Å². The van der Waals surface area contributed by atoms with E-state index in [-0.39, 0.29) is 5.54 Å². The van der Waals surface area contributed by atoms with E-state index in [0.717, 1.165) is 18.5 Å². The summed E-state index contributed by atoms with van der Waals surface area (Å²) in [6, 6.07) is 0.758. The van der Waals surface area contributed by atoms with Gasteiger partial charge < -0.3 is 5.73 Å². The second-order valence-electron chi connectivity index (χ2n) is 6.89. The van der Waals surface area contributed by atoms with Crippen LogP contribution in [0.3, 0.4) is 0 Å². The Morgan fingerprint density at radius 2 is 1.72 bits per heavy atom. The molecular weight excluding hydrogens is 220 g/mol. The van der Waals surface area contributed by atoms with Crippen LogP contribution in [-0.4, -0.2) is 30.1 Å². The van der Waals surface area contributed by atoms with Gasteiger partial charge in [-0.2, -0.15) is 0 Å². The van der Waals surface area contributed by atoms with Crippen LogP contribution in [0.5, 0.6) is 0 Å². The van der Waals surface area contributed by atoms with E-state index in [1.807, 2.05) is 0 Å². The third-order valence-corrected chi connectivity index (χ3v) is 4.92. The second-order valence-corrected chi connectivity index (χ2v) is 6.89. The first-order valence-corrected chi connectivity index (χ1v) is 7.92. The maximum absolute atomic E-state index is 6.10. The number of likely N-dealkylation sites (N-methyl/N-ethyl adjacent to an activating group) is 1. The molecule has 1 aliphatic rings. The molecule has 0 aromatic carbocycles. The zero-order chi connectivity index (χ0) is 13.6. The Hall–Kier alpha value is -0.0800. The quantitative estimate of drug-likeness (QED) is 0.731. The lowest BCUT2D eigenvalue weighted by Crippen LogP contribution is -2.54.